The summed E-state index contributed by atoms with van der Waals surface area (Å²) in [6, 6.07) is 40.6. The van der Waals surface area contributed by atoms with E-state index >= 15 is 0 Å². The van der Waals surface area contributed by atoms with Crippen LogP contribution in [0.5, 0.6) is 0 Å². The highest BCUT2D eigenvalue weighted by Gasteiger charge is 2.13. The fourth-order valence-electron chi connectivity index (χ4n) is 4.65. The zero-order chi connectivity index (χ0) is 23.8. The maximum atomic E-state index is 7.92. The van der Waals surface area contributed by atoms with Crippen LogP contribution in [0.2, 0.25) is 0 Å². The number of aliphatic imine (C=N–C) groups is 1. The molecule has 1 N–H and O–H groups in total. The number of benzene rings is 5. The Labute approximate surface area is 208 Å². The van der Waals surface area contributed by atoms with Crippen molar-refractivity contribution in [3.63, 3.8) is 0 Å². The van der Waals surface area contributed by atoms with Crippen molar-refractivity contribution in [2.24, 2.45) is 4.99 Å². The molecule has 6 rings (SSSR count). The minimum atomic E-state index is 0.193. The molecule has 0 saturated carbocycles. The number of thiophene rings is 1. The molecule has 0 radical (unpaired) electrons. The minimum Gasteiger partial charge on any atom is -0.282 e. The number of rotatable bonds is 4. The van der Waals surface area contributed by atoms with Gasteiger partial charge in [-0.25, -0.2) is 4.99 Å². The van der Waals surface area contributed by atoms with E-state index in [1.165, 1.54) is 48.0 Å². The molecular weight excluding hydrogens is 444 g/mol. The molecule has 0 amide bonds. The maximum Gasteiger partial charge on any atom is 0.151 e. The zero-order valence-corrected chi connectivity index (χ0v) is 19.8. The second-order valence-corrected chi connectivity index (χ2v) is 9.61. The maximum absolute atomic E-state index is 7.92. The normalized spacial score (nSPS) is 11.1. The standard InChI is InChI=1S/C32H22N2S/c1-34-32(33)23-15-13-22(14-16-23)27-11-6-12-30-31(27)28-20-26(17-18-29(28)35-30)25-10-5-9-24(19-25)21-7-3-2-4-8-21/h2-20,33H,1H2. The summed E-state index contributed by atoms with van der Waals surface area (Å²) in [5, 5.41) is 10.5. The summed E-state index contributed by atoms with van der Waals surface area (Å²) in [5.74, 6) is 0.193. The van der Waals surface area contributed by atoms with E-state index in [4.69, 9.17) is 5.41 Å². The third kappa shape index (κ3) is 3.86. The number of nitrogens with zero attached hydrogens (tertiary/aromatic N) is 1. The molecule has 166 valence electrons. The van der Waals surface area contributed by atoms with Crippen molar-refractivity contribution in [1.29, 1.82) is 5.41 Å². The molecule has 35 heavy (non-hydrogen) atoms. The molecule has 1 aromatic heterocycles. The van der Waals surface area contributed by atoms with Gasteiger partial charge in [0.25, 0.3) is 0 Å². The molecule has 0 saturated heterocycles. The van der Waals surface area contributed by atoms with E-state index in [1.807, 2.05) is 23.5 Å². The predicted octanol–water partition coefficient (Wildman–Crippen LogP) is 9.08. The first-order chi connectivity index (χ1) is 17.2. The molecular formula is C32H22N2S. The van der Waals surface area contributed by atoms with E-state index in [9.17, 15) is 0 Å². The van der Waals surface area contributed by atoms with Crippen molar-refractivity contribution in [2.75, 3.05) is 0 Å². The van der Waals surface area contributed by atoms with Crippen LogP contribution in [0, 0.1) is 5.41 Å². The van der Waals surface area contributed by atoms with Crippen molar-refractivity contribution in [2.45, 2.75) is 0 Å². The Hall–Kier alpha value is -4.34. The summed E-state index contributed by atoms with van der Waals surface area (Å²) in [4.78, 5) is 3.74. The van der Waals surface area contributed by atoms with Gasteiger partial charge in [0.05, 0.1) is 0 Å². The lowest BCUT2D eigenvalue weighted by Gasteiger charge is -2.08. The quantitative estimate of drug-likeness (QED) is 0.199. The smallest absolute Gasteiger partial charge is 0.151 e. The summed E-state index contributed by atoms with van der Waals surface area (Å²) >= 11 is 1.83. The van der Waals surface area contributed by atoms with Crippen molar-refractivity contribution in [3.05, 3.63) is 121 Å². The third-order valence-corrected chi connectivity index (χ3v) is 7.56. The highest BCUT2D eigenvalue weighted by molar-refractivity contribution is 7.26. The Morgan fingerprint density at radius 2 is 1.26 bits per heavy atom. The molecule has 3 heteroatoms. The number of hydrogen-bond donors (Lipinski definition) is 1. The van der Waals surface area contributed by atoms with Gasteiger partial charge in [-0.15, -0.1) is 11.3 Å². The molecule has 0 atom stereocenters. The average Bonchev–Trinajstić information content (AvgIpc) is 3.31. The molecule has 5 aromatic carbocycles. The first kappa shape index (κ1) is 21.2. The van der Waals surface area contributed by atoms with Crippen LogP contribution in [0.15, 0.2) is 120 Å². The van der Waals surface area contributed by atoms with E-state index in [-0.39, 0.29) is 5.84 Å². The van der Waals surface area contributed by atoms with Crippen LogP contribution in [0.3, 0.4) is 0 Å². The van der Waals surface area contributed by atoms with Crippen LogP contribution in [0.1, 0.15) is 5.56 Å². The van der Waals surface area contributed by atoms with E-state index in [0.717, 1.165) is 11.1 Å². The van der Waals surface area contributed by atoms with Gasteiger partial charge in [-0.2, -0.15) is 0 Å². The highest BCUT2D eigenvalue weighted by atomic mass is 32.1. The van der Waals surface area contributed by atoms with Crippen LogP contribution in [0.25, 0.3) is 53.6 Å². The van der Waals surface area contributed by atoms with E-state index in [0.29, 0.717) is 0 Å². The first-order valence-electron chi connectivity index (χ1n) is 11.5. The van der Waals surface area contributed by atoms with E-state index < -0.39 is 0 Å². The second-order valence-electron chi connectivity index (χ2n) is 8.52. The number of fused-ring (bicyclic) bond motifs is 3. The van der Waals surface area contributed by atoms with Gasteiger partial charge in [0.2, 0.25) is 0 Å². The number of nitrogens with one attached hydrogen (secondary N) is 1. The lowest BCUT2D eigenvalue weighted by Crippen LogP contribution is -1.93. The topological polar surface area (TPSA) is 36.2 Å². The number of amidine groups is 1. The van der Waals surface area contributed by atoms with Gasteiger partial charge in [0, 0.05) is 25.7 Å². The van der Waals surface area contributed by atoms with Crippen molar-refractivity contribution >= 4 is 44.1 Å². The highest BCUT2D eigenvalue weighted by Crippen LogP contribution is 2.41. The Morgan fingerprint density at radius 1 is 0.600 bits per heavy atom. The van der Waals surface area contributed by atoms with Crippen LogP contribution in [0.4, 0.5) is 0 Å². The fourth-order valence-corrected chi connectivity index (χ4v) is 5.77. The lowest BCUT2D eigenvalue weighted by molar-refractivity contribution is 1.43. The van der Waals surface area contributed by atoms with Crippen LogP contribution in [-0.4, -0.2) is 12.6 Å². The van der Waals surface area contributed by atoms with Gasteiger partial charge < -0.3 is 0 Å². The fraction of sp³-hybridized carbons (Fsp3) is 0. The molecule has 6 aromatic rings. The first-order valence-corrected chi connectivity index (χ1v) is 12.3. The van der Waals surface area contributed by atoms with Crippen molar-refractivity contribution in [3.8, 4) is 33.4 Å². The Bertz CT molecular complexity index is 1710. The molecule has 1 heterocycles. The summed E-state index contributed by atoms with van der Waals surface area (Å²) in [5.41, 5.74) is 7.98. The van der Waals surface area contributed by atoms with Gasteiger partial charge in [-0.1, -0.05) is 91.0 Å². The SMILES string of the molecule is C=NC(=N)c1ccc(-c2cccc3sc4ccc(-c5cccc(-c6ccccc6)c5)cc4c23)cc1. The predicted molar refractivity (Wildman–Crippen MR) is 152 cm³/mol. The van der Waals surface area contributed by atoms with Gasteiger partial charge in [-0.3, -0.25) is 5.41 Å². The molecule has 0 aliphatic heterocycles. The minimum absolute atomic E-state index is 0.193. The molecule has 0 aliphatic rings. The van der Waals surface area contributed by atoms with Gasteiger partial charge in [0.1, 0.15) is 0 Å². The van der Waals surface area contributed by atoms with E-state index in [1.54, 1.807) is 0 Å². The zero-order valence-electron chi connectivity index (χ0n) is 19.0. The monoisotopic (exact) mass is 466 g/mol. The molecule has 0 fully saturated rings. The molecule has 0 unspecified atom stereocenters. The van der Waals surface area contributed by atoms with Crippen LogP contribution < -0.4 is 0 Å². The largest absolute Gasteiger partial charge is 0.282 e. The Kier molecular flexibility index (Phi) is 5.32. The molecule has 2 nitrogen and oxygen atoms in total. The summed E-state index contributed by atoms with van der Waals surface area (Å²) in [6.07, 6.45) is 0. The number of hydrogen-bond acceptors (Lipinski definition) is 2. The Morgan fingerprint density at radius 3 is 2.03 bits per heavy atom. The molecule has 0 aliphatic carbocycles. The Balaban J connectivity index is 1.49. The van der Waals surface area contributed by atoms with Crippen LogP contribution in [-0.2, 0) is 0 Å². The van der Waals surface area contributed by atoms with Crippen molar-refractivity contribution < 1.29 is 0 Å². The van der Waals surface area contributed by atoms with Crippen LogP contribution >= 0.6 is 11.3 Å². The van der Waals surface area contributed by atoms with Gasteiger partial charge >= 0.3 is 0 Å². The van der Waals surface area contributed by atoms with Crippen molar-refractivity contribution in [1.82, 2.24) is 0 Å². The van der Waals surface area contributed by atoms with E-state index in [2.05, 4.69) is 115 Å². The average molecular weight is 467 g/mol. The summed E-state index contributed by atoms with van der Waals surface area (Å²) < 4.78 is 2.56. The molecule has 0 bridgehead atoms. The summed E-state index contributed by atoms with van der Waals surface area (Å²) in [7, 11) is 0. The van der Waals surface area contributed by atoms with Gasteiger partial charge in [-0.05, 0) is 64.4 Å². The van der Waals surface area contributed by atoms with Gasteiger partial charge in [0.15, 0.2) is 5.84 Å². The molecule has 0 spiro atoms. The summed E-state index contributed by atoms with van der Waals surface area (Å²) in [6.45, 7) is 3.47. The third-order valence-electron chi connectivity index (χ3n) is 6.43. The lowest BCUT2D eigenvalue weighted by atomic mass is 9.95. The second kappa shape index (κ2) is 8.79.